The number of carbonyl (C=O) groups is 2. The number of fused-ring (bicyclic) bond motifs is 1. The summed E-state index contributed by atoms with van der Waals surface area (Å²) < 4.78 is 6.39. The van der Waals surface area contributed by atoms with E-state index in [-0.39, 0.29) is 25.0 Å². The van der Waals surface area contributed by atoms with Crippen LogP contribution in [0.1, 0.15) is 6.42 Å². The topological polar surface area (TPSA) is 108 Å². The fraction of sp³-hybridized carbons (Fsp3) is 0.286. The third-order valence-electron chi connectivity index (χ3n) is 5.09. The number of hydrogen-bond donors (Lipinski definition) is 3. The molecule has 8 nitrogen and oxygen atoms in total. The van der Waals surface area contributed by atoms with Crippen molar-refractivity contribution >= 4 is 44.3 Å². The molecule has 9 heteroatoms. The summed E-state index contributed by atoms with van der Waals surface area (Å²) in [5.41, 5.74) is 1.58. The van der Waals surface area contributed by atoms with Gasteiger partial charge in [0.25, 0.3) is 5.91 Å². The van der Waals surface area contributed by atoms with Crippen LogP contribution in [0.15, 0.2) is 53.1 Å². The Kier molecular flexibility index (Phi) is 6.01. The normalized spacial score (nSPS) is 17.1. The summed E-state index contributed by atoms with van der Waals surface area (Å²) in [4.78, 5) is 26.6. The van der Waals surface area contributed by atoms with Crippen LogP contribution in [0.5, 0.6) is 5.75 Å². The highest BCUT2D eigenvalue weighted by atomic mass is 79.9. The predicted molar refractivity (Wildman–Crippen MR) is 115 cm³/mol. The van der Waals surface area contributed by atoms with Crippen molar-refractivity contribution in [3.63, 3.8) is 0 Å². The van der Waals surface area contributed by atoms with E-state index in [1.165, 1.54) is 4.90 Å². The van der Waals surface area contributed by atoms with Gasteiger partial charge in [-0.25, -0.2) is 0 Å². The van der Waals surface area contributed by atoms with Crippen LogP contribution >= 0.6 is 15.9 Å². The zero-order chi connectivity index (χ0) is 21.1. The second-order valence-corrected chi connectivity index (χ2v) is 8.13. The Balaban J connectivity index is 1.28. The average Bonchev–Trinajstić information content (AvgIpc) is 3.42. The number of anilines is 1. The number of ether oxygens (including phenoxy) is 1. The number of aliphatic hydroxyl groups is 1. The van der Waals surface area contributed by atoms with Crippen molar-refractivity contribution < 1.29 is 19.4 Å². The summed E-state index contributed by atoms with van der Waals surface area (Å²) in [6.07, 6.45) is 0.962. The number of aromatic nitrogens is 2. The average molecular weight is 473 g/mol. The Hall–Kier alpha value is -2.91. The van der Waals surface area contributed by atoms with Crippen molar-refractivity contribution in [3.05, 3.63) is 53.1 Å². The van der Waals surface area contributed by atoms with Crippen LogP contribution in [0, 0.1) is 5.92 Å². The van der Waals surface area contributed by atoms with Crippen LogP contribution in [-0.2, 0) is 9.59 Å². The van der Waals surface area contributed by atoms with E-state index in [4.69, 9.17) is 4.74 Å². The highest BCUT2D eigenvalue weighted by Gasteiger charge is 2.33. The van der Waals surface area contributed by atoms with Crippen molar-refractivity contribution in [2.45, 2.75) is 12.5 Å². The molecular weight excluding hydrogens is 452 g/mol. The Morgan fingerprint density at radius 2 is 2.10 bits per heavy atom. The van der Waals surface area contributed by atoms with Crippen molar-refractivity contribution in [1.82, 2.24) is 15.1 Å². The first-order chi connectivity index (χ1) is 14.5. The van der Waals surface area contributed by atoms with Gasteiger partial charge in [0, 0.05) is 28.6 Å². The standard InChI is InChI=1S/C21H21BrN4O4/c22-15-1-4-17(5-2-15)30-12-19(27)21(29)26-8-7-13(11-26)20(28)24-16-3-6-18-14(9-16)10-23-25-18/h1-6,9-10,13,19,27H,7-8,11-12H2,(H,23,25)(H,24,28)/t13-,19-/m1/s1. The van der Waals surface area contributed by atoms with E-state index in [0.717, 1.165) is 15.4 Å². The Morgan fingerprint density at radius 1 is 1.30 bits per heavy atom. The second-order valence-electron chi connectivity index (χ2n) is 7.21. The molecule has 3 aromatic rings. The predicted octanol–water partition coefficient (Wildman–Crippen LogP) is 2.55. The molecule has 0 saturated carbocycles. The molecule has 2 amide bonds. The minimum absolute atomic E-state index is 0.140. The van der Waals surface area contributed by atoms with Gasteiger partial charge in [-0.3, -0.25) is 14.7 Å². The molecule has 4 rings (SSSR count). The maximum Gasteiger partial charge on any atom is 0.255 e. The minimum Gasteiger partial charge on any atom is -0.490 e. The smallest absolute Gasteiger partial charge is 0.255 e. The molecule has 156 valence electrons. The first-order valence-corrected chi connectivity index (χ1v) is 10.4. The highest BCUT2D eigenvalue weighted by Crippen LogP contribution is 2.22. The molecule has 2 aromatic carbocycles. The number of carbonyl (C=O) groups excluding carboxylic acids is 2. The molecule has 30 heavy (non-hydrogen) atoms. The van der Waals surface area contributed by atoms with Crippen LogP contribution in [0.2, 0.25) is 0 Å². The van der Waals surface area contributed by atoms with Gasteiger partial charge in [-0.1, -0.05) is 15.9 Å². The molecule has 2 atom stereocenters. The zero-order valence-corrected chi connectivity index (χ0v) is 17.6. The van der Waals surface area contributed by atoms with E-state index in [1.54, 1.807) is 24.4 Å². The summed E-state index contributed by atoms with van der Waals surface area (Å²) in [7, 11) is 0. The van der Waals surface area contributed by atoms with Gasteiger partial charge in [0.15, 0.2) is 6.10 Å². The van der Waals surface area contributed by atoms with Crippen molar-refractivity contribution in [2.24, 2.45) is 5.92 Å². The number of H-pyrrole nitrogens is 1. The number of nitrogens with one attached hydrogen (secondary N) is 2. The zero-order valence-electron chi connectivity index (χ0n) is 16.0. The van der Waals surface area contributed by atoms with Crippen molar-refractivity contribution in [2.75, 3.05) is 25.0 Å². The second kappa shape index (κ2) is 8.85. The van der Waals surface area contributed by atoms with E-state index in [9.17, 15) is 14.7 Å². The van der Waals surface area contributed by atoms with Gasteiger partial charge in [0.2, 0.25) is 5.91 Å². The lowest BCUT2D eigenvalue weighted by molar-refractivity contribution is -0.140. The van der Waals surface area contributed by atoms with E-state index >= 15 is 0 Å². The van der Waals surface area contributed by atoms with Crippen LogP contribution in [-0.4, -0.2) is 57.8 Å². The van der Waals surface area contributed by atoms with E-state index in [2.05, 4.69) is 31.4 Å². The molecule has 1 aliphatic rings. The lowest BCUT2D eigenvalue weighted by atomic mass is 10.1. The van der Waals surface area contributed by atoms with E-state index in [0.29, 0.717) is 24.4 Å². The number of likely N-dealkylation sites (tertiary alicyclic amines) is 1. The number of amides is 2. The molecule has 0 bridgehead atoms. The molecule has 0 unspecified atom stereocenters. The minimum atomic E-state index is -1.28. The number of nitrogens with zero attached hydrogens (tertiary/aromatic N) is 2. The molecule has 2 heterocycles. The molecule has 1 aromatic heterocycles. The molecule has 1 saturated heterocycles. The van der Waals surface area contributed by atoms with Gasteiger partial charge in [-0.2, -0.15) is 5.10 Å². The number of halogens is 1. The van der Waals surface area contributed by atoms with E-state index < -0.39 is 12.0 Å². The Bertz CT molecular complexity index is 1050. The summed E-state index contributed by atoms with van der Waals surface area (Å²) >= 11 is 3.34. The largest absolute Gasteiger partial charge is 0.490 e. The van der Waals surface area contributed by atoms with Gasteiger partial charge in [-0.05, 0) is 48.9 Å². The maximum absolute atomic E-state index is 12.6. The number of aliphatic hydroxyl groups excluding tert-OH is 1. The quantitative estimate of drug-likeness (QED) is 0.510. The first kappa shape index (κ1) is 20.4. The first-order valence-electron chi connectivity index (χ1n) is 9.59. The molecular formula is C21H21BrN4O4. The summed E-state index contributed by atoms with van der Waals surface area (Å²) in [6.45, 7) is 0.555. The van der Waals surface area contributed by atoms with Crippen LogP contribution in [0.25, 0.3) is 10.9 Å². The summed E-state index contributed by atoms with van der Waals surface area (Å²) in [5.74, 6) is -0.331. The fourth-order valence-electron chi connectivity index (χ4n) is 3.43. The summed E-state index contributed by atoms with van der Waals surface area (Å²) in [6, 6.07) is 12.6. The molecule has 1 aliphatic heterocycles. The highest BCUT2D eigenvalue weighted by molar-refractivity contribution is 9.10. The SMILES string of the molecule is O=C(Nc1ccc2[nH]ncc2c1)[C@@H]1CCN(C(=O)[C@H](O)COc2ccc(Br)cc2)C1. The molecule has 1 fully saturated rings. The lowest BCUT2D eigenvalue weighted by Crippen LogP contribution is -2.41. The summed E-state index contributed by atoms with van der Waals surface area (Å²) in [5, 5.41) is 20.8. The van der Waals surface area contributed by atoms with Crippen LogP contribution in [0.3, 0.4) is 0 Å². The van der Waals surface area contributed by atoms with Gasteiger partial charge < -0.3 is 20.1 Å². The van der Waals surface area contributed by atoms with Crippen LogP contribution < -0.4 is 10.1 Å². The van der Waals surface area contributed by atoms with Gasteiger partial charge >= 0.3 is 0 Å². The number of hydrogen-bond acceptors (Lipinski definition) is 5. The maximum atomic E-state index is 12.6. The third kappa shape index (κ3) is 4.63. The molecule has 0 spiro atoms. The van der Waals surface area contributed by atoms with Crippen molar-refractivity contribution in [3.8, 4) is 5.75 Å². The van der Waals surface area contributed by atoms with Gasteiger partial charge in [0.1, 0.15) is 12.4 Å². The number of rotatable bonds is 6. The molecule has 0 aliphatic carbocycles. The molecule has 3 N–H and O–H groups in total. The van der Waals surface area contributed by atoms with Crippen LogP contribution in [0.4, 0.5) is 5.69 Å². The monoisotopic (exact) mass is 472 g/mol. The van der Waals surface area contributed by atoms with E-state index in [1.807, 2.05) is 24.3 Å². The Labute approximate surface area is 181 Å². The number of benzene rings is 2. The Morgan fingerprint density at radius 3 is 2.90 bits per heavy atom. The fourth-order valence-corrected chi connectivity index (χ4v) is 3.69. The van der Waals surface area contributed by atoms with Gasteiger partial charge in [0.05, 0.1) is 17.6 Å². The van der Waals surface area contributed by atoms with Gasteiger partial charge in [-0.15, -0.1) is 0 Å². The van der Waals surface area contributed by atoms with Crippen molar-refractivity contribution in [1.29, 1.82) is 0 Å². The molecule has 0 radical (unpaired) electrons. The number of aromatic amines is 1. The third-order valence-corrected chi connectivity index (χ3v) is 5.61. The lowest BCUT2D eigenvalue weighted by Gasteiger charge is -2.20.